The zero-order valence-corrected chi connectivity index (χ0v) is 11.3. The van der Waals surface area contributed by atoms with Crippen LogP contribution in [0.4, 0.5) is 5.69 Å². The van der Waals surface area contributed by atoms with Gasteiger partial charge in [-0.05, 0) is 37.0 Å². The van der Waals surface area contributed by atoms with Gasteiger partial charge in [-0.3, -0.25) is 4.79 Å². The number of hydrogen-bond acceptors (Lipinski definition) is 3. The maximum atomic E-state index is 12.6. The molecule has 0 radical (unpaired) electrons. The first-order chi connectivity index (χ1) is 9.69. The molecule has 0 saturated carbocycles. The monoisotopic (exact) mass is 273 g/mol. The number of nitrogens with two attached hydrogens (primary N) is 1. The van der Waals surface area contributed by atoms with Crippen LogP contribution < -0.4 is 5.73 Å². The summed E-state index contributed by atoms with van der Waals surface area (Å²) in [5.41, 5.74) is 8.01. The van der Waals surface area contributed by atoms with Gasteiger partial charge in [-0.2, -0.15) is 0 Å². The summed E-state index contributed by atoms with van der Waals surface area (Å²) in [6.07, 6.45) is 3.50. The highest BCUT2D eigenvalue weighted by molar-refractivity contribution is 6.07. The molecule has 1 saturated heterocycles. The highest BCUT2D eigenvalue weighted by atomic mass is 16.3. The molecule has 1 atom stereocenters. The van der Waals surface area contributed by atoms with Crippen molar-refractivity contribution >= 4 is 22.5 Å². The highest BCUT2D eigenvalue weighted by Gasteiger charge is 2.27. The molecule has 1 unspecified atom stereocenters. The van der Waals surface area contributed by atoms with Gasteiger partial charge in [-0.1, -0.05) is 0 Å². The second-order valence-electron chi connectivity index (χ2n) is 5.43. The minimum atomic E-state index is 0.0569. The number of aliphatic hydroxyl groups excluding tert-OH is 1. The molecule has 0 bridgehead atoms. The molecule has 1 aliphatic heterocycles. The van der Waals surface area contributed by atoms with Crippen LogP contribution in [0.1, 0.15) is 23.2 Å². The summed E-state index contributed by atoms with van der Waals surface area (Å²) in [7, 11) is 0. The number of fused-ring (bicyclic) bond motifs is 1. The van der Waals surface area contributed by atoms with Gasteiger partial charge in [0.25, 0.3) is 5.91 Å². The maximum Gasteiger partial charge on any atom is 0.256 e. The molecule has 1 fully saturated rings. The van der Waals surface area contributed by atoms with Gasteiger partial charge < -0.3 is 20.7 Å². The van der Waals surface area contributed by atoms with Crippen molar-refractivity contribution in [3.8, 4) is 0 Å². The highest BCUT2D eigenvalue weighted by Crippen LogP contribution is 2.25. The fourth-order valence-electron chi connectivity index (χ4n) is 2.93. The van der Waals surface area contributed by atoms with Crippen molar-refractivity contribution in [1.29, 1.82) is 0 Å². The zero-order valence-electron chi connectivity index (χ0n) is 11.3. The molecule has 0 aliphatic carbocycles. The smallest absolute Gasteiger partial charge is 0.256 e. The Labute approximate surface area is 117 Å². The molecule has 106 valence electrons. The summed E-state index contributed by atoms with van der Waals surface area (Å²) < 4.78 is 0. The molecule has 20 heavy (non-hydrogen) atoms. The van der Waals surface area contributed by atoms with E-state index in [1.54, 1.807) is 6.20 Å². The Morgan fingerprint density at radius 1 is 1.50 bits per heavy atom. The summed E-state index contributed by atoms with van der Waals surface area (Å²) in [5, 5.41) is 9.89. The van der Waals surface area contributed by atoms with E-state index in [9.17, 15) is 4.79 Å². The molecule has 2 aromatic rings. The first-order valence-electron chi connectivity index (χ1n) is 6.96. The summed E-state index contributed by atoms with van der Waals surface area (Å²) in [6.45, 7) is 1.70. The summed E-state index contributed by atoms with van der Waals surface area (Å²) in [5.74, 6) is 0.478. The molecule has 5 nitrogen and oxygen atoms in total. The second-order valence-corrected chi connectivity index (χ2v) is 5.43. The number of carbonyl (C=O) groups excluding carboxylic acids is 1. The molecule has 3 rings (SSSR count). The Balaban J connectivity index is 1.83. The van der Waals surface area contributed by atoms with E-state index in [0.29, 0.717) is 17.2 Å². The van der Waals surface area contributed by atoms with E-state index >= 15 is 0 Å². The van der Waals surface area contributed by atoms with E-state index in [2.05, 4.69) is 4.98 Å². The lowest BCUT2D eigenvalue weighted by Gasteiger charge is -2.16. The van der Waals surface area contributed by atoms with Crippen molar-refractivity contribution in [1.82, 2.24) is 9.88 Å². The number of carbonyl (C=O) groups is 1. The van der Waals surface area contributed by atoms with E-state index < -0.39 is 0 Å². The van der Waals surface area contributed by atoms with Gasteiger partial charge in [0.2, 0.25) is 0 Å². The van der Waals surface area contributed by atoms with Crippen molar-refractivity contribution in [2.24, 2.45) is 5.92 Å². The molecule has 1 aromatic carbocycles. The summed E-state index contributed by atoms with van der Waals surface area (Å²) in [6, 6.07) is 5.53. The van der Waals surface area contributed by atoms with Crippen LogP contribution in [0.25, 0.3) is 10.9 Å². The third-order valence-electron chi connectivity index (χ3n) is 4.05. The predicted molar refractivity (Wildman–Crippen MR) is 78.4 cm³/mol. The van der Waals surface area contributed by atoms with Gasteiger partial charge in [0.15, 0.2) is 0 Å². The van der Waals surface area contributed by atoms with E-state index in [4.69, 9.17) is 10.8 Å². The number of aromatic amines is 1. The topological polar surface area (TPSA) is 82.3 Å². The third-order valence-corrected chi connectivity index (χ3v) is 4.05. The Kier molecular flexibility index (Phi) is 3.36. The van der Waals surface area contributed by atoms with Gasteiger partial charge >= 0.3 is 0 Å². The van der Waals surface area contributed by atoms with Gasteiger partial charge in [0.1, 0.15) is 0 Å². The number of H-pyrrole nitrogens is 1. The zero-order chi connectivity index (χ0) is 14.1. The lowest BCUT2D eigenvalue weighted by molar-refractivity contribution is 0.0786. The average Bonchev–Trinajstić information content (AvgIpc) is 3.04. The lowest BCUT2D eigenvalue weighted by Crippen LogP contribution is -2.28. The van der Waals surface area contributed by atoms with Crippen LogP contribution in [0.2, 0.25) is 0 Å². The number of aliphatic hydroxyl groups is 1. The van der Waals surface area contributed by atoms with Crippen LogP contribution in [0.5, 0.6) is 0 Å². The fraction of sp³-hybridized carbons (Fsp3) is 0.400. The molecule has 5 heteroatoms. The summed E-state index contributed by atoms with van der Waals surface area (Å²) >= 11 is 0. The SMILES string of the molecule is Nc1ccc2c(C(=O)N3CCC(CCO)C3)c[nH]c2c1. The molecule has 4 N–H and O–H groups in total. The lowest BCUT2D eigenvalue weighted by atomic mass is 10.1. The van der Waals surface area contributed by atoms with Crippen molar-refractivity contribution in [3.63, 3.8) is 0 Å². The number of anilines is 1. The van der Waals surface area contributed by atoms with Crippen LogP contribution in [0.3, 0.4) is 0 Å². The average molecular weight is 273 g/mol. The molecular formula is C15H19N3O2. The van der Waals surface area contributed by atoms with Crippen LogP contribution >= 0.6 is 0 Å². The number of amides is 1. The number of likely N-dealkylation sites (tertiary alicyclic amines) is 1. The summed E-state index contributed by atoms with van der Waals surface area (Å²) in [4.78, 5) is 17.5. The number of rotatable bonds is 3. The third kappa shape index (κ3) is 2.25. The molecule has 2 heterocycles. The van der Waals surface area contributed by atoms with Gasteiger partial charge in [-0.25, -0.2) is 0 Å². The number of nitrogen functional groups attached to an aromatic ring is 1. The fourth-order valence-corrected chi connectivity index (χ4v) is 2.93. The molecule has 0 spiro atoms. The Bertz CT molecular complexity index is 635. The van der Waals surface area contributed by atoms with Gasteiger partial charge in [-0.15, -0.1) is 0 Å². The first kappa shape index (κ1) is 13.0. The number of nitrogens with one attached hydrogen (secondary N) is 1. The van der Waals surface area contributed by atoms with Gasteiger partial charge in [0.05, 0.1) is 5.56 Å². The second kappa shape index (κ2) is 5.17. The number of nitrogens with zero attached hydrogens (tertiary/aromatic N) is 1. The molecule has 1 aromatic heterocycles. The minimum Gasteiger partial charge on any atom is -0.399 e. The van der Waals surface area contributed by atoms with E-state index in [1.165, 1.54) is 0 Å². The maximum absolute atomic E-state index is 12.6. The van der Waals surface area contributed by atoms with Crippen molar-refractivity contribution in [2.75, 3.05) is 25.4 Å². The Morgan fingerprint density at radius 2 is 2.35 bits per heavy atom. The largest absolute Gasteiger partial charge is 0.399 e. The van der Waals surface area contributed by atoms with Crippen molar-refractivity contribution in [3.05, 3.63) is 30.0 Å². The van der Waals surface area contributed by atoms with E-state index in [0.717, 1.165) is 36.8 Å². The first-order valence-corrected chi connectivity index (χ1v) is 6.96. The van der Waals surface area contributed by atoms with Crippen molar-refractivity contribution < 1.29 is 9.90 Å². The van der Waals surface area contributed by atoms with E-state index in [1.807, 2.05) is 23.1 Å². The van der Waals surface area contributed by atoms with Crippen LogP contribution in [-0.4, -0.2) is 40.6 Å². The Morgan fingerprint density at radius 3 is 3.15 bits per heavy atom. The van der Waals surface area contributed by atoms with Crippen LogP contribution in [0.15, 0.2) is 24.4 Å². The molecular weight excluding hydrogens is 254 g/mol. The van der Waals surface area contributed by atoms with Crippen LogP contribution in [0, 0.1) is 5.92 Å². The van der Waals surface area contributed by atoms with Crippen molar-refractivity contribution in [2.45, 2.75) is 12.8 Å². The van der Waals surface area contributed by atoms with Crippen LogP contribution in [-0.2, 0) is 0 Å². The number of benzene rings is 1. The van der Waals surface area contributed by atoms with Gasteiger partial charge in [0, 0.05) is 42.5 Å². The minimum absolute atomic E-state index is 0.0569. The standard InChI is InChI=1S/C15H19N3O2/c16-11-1-2-12-13(8-17-14(12)7-11)15(20)18-5-3-10(9-18)4-6-19/h1-2,7-8,10,17,19H,3-6,9,16H2. The van der Waals surface area contributed by atoms with E-state index in [-0.39, 0.29) is 12.5 Å². The molecule has 1 aliphatic rings. The predicted octanol–water partition coefficient (Wildman–Crippen LogP) is 1.59. The number of aromatic nitrogens is 1. The Hall–Kier alpha value is -2.01. The number of hydrogen-bond donors (Lipinski definition) is 3. The molecule has 1 amide bonds. The normalized spacial score (nSPS) is 18.9. The quantitative estimate of drug-likeness (QED) is 0.743.